The molecule has 0 radical (unpaired) electrons. The molecule has 0 aliphatic carbocycles. The van der Waals surface area contributed by atoms with Crippen molar-refractivity contribution in [2.45, 2.75) is 38.8 Å². The van der Waals surface area contributed by atoms with E-state index in [4.69, 9.17) is 0 Å². The Morgan fingerprint density at radius 2 is 2.05 bits per heavy atom. The van der Waals surface area contributed by atoms with Crippen LogP contribution in [0.25, 0.3) is 0 Å². The van der Waals surface area contributed by atoms with Crippen LogP contribution in [0.1, 0.15) is 38.2 Å². The first-order valence-corrected chi connectivity index (χ1v) is 7.46. The van der Waals surface area contributed by atoms with Gasteiger partial charge in [0.1, 0.15) is 11.6 Å². The molecule has 2 heterocycles. The Kier molecular flexibility index (Phi) is 4.96. The highest BCUT2D eigenvalue weighted by Gasteiger charge is 2.32. The van der Waals surface area contributed by atoms with Gasteiger partial charge < -0.3 is 10.2 Å². The van der Waals surface area contributed by atoms with E-state index < -0.39 is 11.7 Å². The molecule has 0 bridgehead atoms. The number of halogens is 3. The Balaban J connectivity index is 2.26. The predicted molar refractivity (Wildman–Crippen MR) is 78.6 cm³/mol. The number of nitrogens with one attached hydrogen (secondary N) is 1. The molecule has 1 aliphatic heterocycles. The highest BCUT2D eigenvalue weighted by atomic mass is 19.4. The lowest BCUT2D eigenvalue weighted by Gasteiger charge is -2.23. The van der Waals surface area contributed by atoms with Crippen LogP contribution in [0.4, 0.5) is 24.8 Å². The van der Waals surface area contributed by atoms with Crippen LogP contribution in [0.15, 0.2) is 12.1 Å². The van der Waals surface area contributed by atoms with Gasteiger partial charge >= 0.3 is 6.18 Å². The van der Waals surface area contributed by atoms with Crippen LogP contribution in [-0.2, 0) is 6.18 Å². The summed E-state index contributed by atoms with van der Waals surface area (Å²) in [5.74, 6) is 1.35. The van der Waals surface area contributed by atoms with Crippen LogP contribution in [-0.4, -0.2) is 25.1 Å². The van der Waals surface area contributed by atoms with Crippen LogP contribution >= 0.6 is 0 Å². The number of rotatable bonds is 3. The van der Waals surface area contributed by atoms with E-state index in [0.717, 1.165) is 50.9 Å². The largest absolute Gasteiger partial charge is 0.416 e. The standard InChI is InChI=1S/C15H22F3N3/c1-3-11-5-4-7-21(8-6-11)14-10-12(15(16,17)18)9-13(19-2)20-14/h9-11H,3-8H2,1-2H3,(H,19,20). The molecule has 21 heavy (non-hydrogen) atoms. The molecule has 3 nitrogen and oxygen atoms in total. The fraction of sp³-hybridized carbons (Fsp3) is 0.667. The second-order valence-electron chi connectivity index (χ2n) is 5.54. The van der Waals surface area contributed by atoms with Crippen LogP contribution in [0.3, 0.4) is 0 Å². The number of pyridine rings is 1. The minimum Gasteiger partial charge on any atom is -0.373 e. The molecule has 0 aromatic carbocycles. The summed E-state index contributed by atoms with van der Waals surface area (Å²) in [5, 5.41) is 2.72. The molecule has 1 fully saturated rings. The van der Waals surface area contributed by atoms with Gasteiger partial charge in [-0.3, -0.25) is 0 Å². The van der Waals surface area contributed by atoms with E-state index in [9.17, 15) is 13.2 Å². The van der Waals surface area contributed by atoms with Crippen molar-refractivity contribution >= 4 is 11.6 Å². The van der Waals surface area contributed by atoms with Crippen molar-refractivity contribution in [1.29, 1.82) is 0 Å². The lowest BCUT2D eigenvalue weighted by atomic mass is 9.98. The molecule has 6 heteroatoms. The van der Waals surface area contributed by atoms with Crippen molar-refractivity contribution in [3.63, 3.8) is 0 Å². The molecule has 1 aromatic heterocycles. The van der Waals surface area contributed by atoms with Gasteiger partial charge in [-0.2, -0.15) is 13.2 Å². The Morgan fingerprint density at radius 1 is 1.29 bits per heavy atom. The molecule has 1 atom stereocenters. The molecule has 0 saturated carbocycles. The van der Waals surface area contributed by atoms with Gasteiger partial charge in [0.2, 0.25) is 0 Å². The molecule has 0 spiro atoms. The molecular formula is C15H22F3N3. The van der Waals surface area contributed by atoms with Crippen molar-refractivity contribution in [3.05, 3.63) is 17.7 Å². The van der Waals surface area contributed by atoms with Gasteiger partial charge in [0.05, 0.1) is 5.56 Å². The second kappa shape index (κ2) is 6.54. The Morgan fingerprint density at radius 3 is 2.67 bits per heavy atom. The third-order valence-electron chi connectivity index (χ3n) is 4.14. The summed E-state index contributed by atoms with van der Waals surface area (Å²) < 4.78 is 38.9. The predicted octanol–water partition coefficient (Wildman–Crippen LogP) is 4.16. The number of hydrogen-bond acceptors (Lipinski definition) is 3. The summed E-state index contributed by atoms with van der Waals surface area (Å²) in [6, 6.07) is 2.21. The number of nitrogens with zero attached hydrogens (tertiary/aromatic N) is 2. The van der Waals surface area contributed by atoms with Gasteiger partial charge in [-0.1, -0.05) is 13.3 Å². The van der Waals surface area contributed by atoms with Crippen molar-refractivity contribution in [1.82, 2.24) is 4.98 Å². The summed E-state index contributed by atoms with van der Waals surface area (Å²) in [6.45, 7) is 3.71. The number of hydrogen-bond donors (Lipinski definition) is 1. The SMILES string of the molecule is CCC1CCCN(c2cc(C(F)(F)F)cc(NC)n2)CC1. The van der Waals surface area contributed by atoms with Gasteiger partial charge in [0, 0.05) is 20.1 Å². The molecular weight excluding hydrogens is 279 g/mol. The van der Waals surface area contributed by atoms with Crippen LogP contribution in [0, 0.1) is 5.92 Å². The Hall–Kier alpha value is -1.46. The maximum absolute atomic E-state index is 13.0. The highest BCUT2D eigenvalue weighted by molar-refractivity contribution is 5.51. The first-order chi connectivity index (χ1) is 9.94. The normalized spacial score (nSPS) is 20.2. The zero-order valence-electron chi connectivity index (χ0n) is 12.5. The van der Waals surface area contributed by atoms with Crippen LogP contribution < -0.4 is 10.2 Å². The van der Waals surface area contributed by atoms with Gasteiger partial charge in [0.25, 0.3) is 0 Å². The average Bonchev–Trinajstić information content (AvgIpc) is 2.71. The first-order valence-electron chi connectivity index (χ1n) is 7.46. The van der Waals surface area contributed by atoms with Crippen molar-refractivity contribution in [2.75, 3.05) is 30.4 Å². The summed E-state index contributed by atoms with van der Waals surface area (Å²) >= 11 is 0. The van der Waals surface area contributed by atoms with E-state index in [-0.39, 0.29) is 5.82 Å². The maximum Gasteiger partial charge on any atom is 0.416 e. The quantitative estimate of drug-likeness (QED) is 0.908. The van der Waals surface area contributed by atoms with E-state index in [1.807, 2.05) is 4.90 Å². The average molecular weight is 301 g/mol. The minimum absolute atomic E-state index is 0.260. The van der Waals surface area contributed by atoms with Crippen molar-refractivity contribution < 1.29 is 13.2 Å². The maximum atomic E-state index is 13.0. The van der Waals surface area contributed by atoms with E-state index in [0.29, 0.717) is 11.7 Å². The molecule has 0 amide bonds. The van der Waals surface area contributed by atoms with E-state index in [1.54, 1.807) is 7.05 Å². The fourth-order valence-corrected chi connectivity index (χ4v) is 2.77. The monoisotopic (exact) mass is 301 g/mol. The first kappa shape index (κ1) is 15.9. The van der Waals surface area contributed by atoms with Crippen molar-refractivity contribution in [2.24, 2.45) is 5.92 Å². The summed E-state index contributed by atoms with van der Waals surface area (Å²) in [7, 11) is 1.59. The molecule has 118 valence electrons. The molecule has 2 rings (SSSR count). The topological polar surface area (TPSA) is 28.2 Å². The smallest absolute Gasteiger partial charge is 0.373 e. The van der Waals surface area contributed by atoms with E-state index in [2.05, 4.69) is 17.2 Å². The lowest BCUT2D eigenvalue weighted by Crippen LogP contribution is -2.26. The summed E-state index contributed by atoms with van der Waals surface area (Å²) in [5.41, 5.74) is -0.645. The zero-order chi connectivity index (χ0) is 15.5. The van der Waals surface area contributed by atoms with Crippen LogP contribution in [0.2, 0.25) is 0 Å². The number of alkyl halides is 3. The van der Waals surface area contributed by atoms with Crippen LogP contribution in [0.5, 0.6) is 0 Å². The fourth-order valence-electron chi connectivity index (χ4n) is 2.77. The lowest BCUT2D eigenvalue weighted by molar-refractivity contribution is -0.137. The highest BCUT2D eigenvalue weighted by Crippen LogP contribution is 2.33. The molecule has 1 aliphatic rings. The van der Waals surface area contributed by atoms with E-state index in [1.165, 1.54) is 0 Å². The number of anilines is 2. The third-order valence-corrected chi connectivity index (χ3v) is 4.14. The minimum atomic E-state index is -4.35. The third kappa shape index (κ3) is 4.02. The van der Waals surface area contributed by atoms with Gasteiger partial charge in [-0.05, 0) is 37.3 Å². The molecule has 1 unspecified atom stereocenters. The number of aromatic nitrogens is 1. The summed E-state index contributed by atoms with van der Waals surface area (Å²) in [6.07, 6.45) is -0.0494. The molecule has 1 N–H and O–H groups in total. The summed E-state index contributed by atoms with van der Waals surface area (Å²) in [4.78, 5) is 6.27. The Labute approximate surface area is 123 Å². The van der Waals surface area contributed by atoms with Gasteiger partial charge in [-0.15, -0.1) is 0 Å². The van der Waals surface area contributed by atoms with Gasteiger partial charge in [0.15, 0.2) is 0 Å². The second-order valence-corrected chi connectivity index (χ2v) is 5.54. The van der Waals surface area contributed by atoms with Crippen molar-refractivity contribution in [3.8, 4) is 0 Å². The Bertz CT molecular complexity index is 474. The molecule has 1 aromatic rings. The zero-order valence-corrected chi connectivity index (χ0v) is 12.5. The van der Waals surface area contributed by atoms with Gasteiger partial charge in [-0.25, -0.2) is 4.98 Å². The molecule has 1 saturated heterocycles. The van der Waals surface area contributed by atoms with E-state index >= 15 is 0 Å².